The molecule has 1 saturated heterocycles. The third kappa shape index (κ3) is 6.12. The number of amides is 2. The second-order valence-corrected chi connectivity index (χ2v) is 10.3. The van der Waals surface area contributed by atoms with Crippen molar-refractivity contribution in [2.75, 3.05) is 26.8 Å². The molecule has 1 heterocycles. The fraction of sp³-hybridized carbons (Fsp3) is 0.586. The number of piperidine rings is 1. The van der Waals surface area contributed by atoms with Crippen LogP contribution in [-0.2, 0) is 9.53 Å². The number of carbonyl (C=O) groups is 2. The summed E-state index contributed by atoms with van der Waals surface area (Å²) in [6, 6.07) is 11.9. The highest BCUT2D eigenvalue weighted by atomic mass is 16.5. The summed E-state index contributed by atoms with van der Waals surface area (Å²) in [6.07, 6.45) is 7.02. The number of methoxy groups -OCH3 is 1. The molecule has 0 spiro atoms. The van der Waals surface area contributed by atoms with E-state index < -0.39 is 11.5 Å². The number of ether oxygens (including phenoxy) is 2. The van der Waals surface area contributed by atoms with E-state index in [0.717, 1.165) is 54.2 Å². The van der Waals surface area contributed by atoms with E-state index in [1.54, 1.807) is 7.11 Å². The van der Waals surface area contributed by atoms with E-state index in [1.807, 2.05) is 41.3 Å². The molecule has 0 aromatic heterocycles. The molecule has 7 nitrogen and oxygen atoms in total. The van der Waals surface area contributed by atoms with Crippen LogP contribution >= 0.6 is 0 Å². The quantitative estimate of drug-likeness (QED) is 0.494. The number of hydrogen-bond acceptors (Lipinski definition) is 5. The van der Waals surface area contributed by atoms with Crippen LogP contribution in [0.4, 0.5) is 4.79 Å². The first-order chi connectivity index (χ1) is 17.4. The van der Waals surface area contributed by atoms with Gasteiger partial charge in [0.2, 0.25) is 5.91 Å². The molecule has 1 aliphatic carbocycles. The number of rotatable bonds is 8. The standard InChI is InChI=1S/C29H40N2O5/c1-3-4-18-36-28(33)30-24-12-16-31(17-13-24)27(32)26(29(34)14-6-5-7-15-29)23-9-8-22-20-25(35-2)11-10-21(22)19-23/h8-11,19-20,24,26,34H,3-7,12-18H2,1-2H3,(H,30,33). The van der Waals surface area contributed by atoms with Gasteiger partial charge in [0.1, 0.15) is 5.75 Å². The van der Waals surface area contributed by atoms with Crippen molar-refractivity contribution in [3.05, 3.63) is 42.0 Å². The Morgan fingerprint density at radius 1 is 1.08 bits per heavy atom. The van der Waals surface area contributed by atoms with Gasteiger partial charge in [-0.15, -0.1) is 0 Å². The van der Waals surface area contributed by atoms with Gasteiger partial charge in [0, 0.05) is 19.1 Å². The summed E-state index contributed by atoms with van der Waals surface area (Å²) in [5.41, 5.74) is -0.185. The summed E-state index contributed by atoms with van der Waals surface area (Å²) in [5, 5.41) is 16.8. The van der Waals surface area contributed by atoms with Crippen molar-refractivity contribution in [1.82, 2.24) is 10.2 Å². The lowest BCUT2D eigenvalue weighted by molar-refractivity contribution is -0.142. The minimum Gasteiger partial charge on any atom is -0.497 e. The smallest absolute Gasteiger partial charge is 0.407 e. The van der Waals surface area contributed by atoms with E-state index in [4.69, 9.17) is 9.47 Å². The Bertz CT molecular complexity index is 1040. The minimum absolute atomic E-state index is 0.00459. The van der Waals surface area contributed by atoms with Crippen molar-refractivity contribution in [3.8, 4) is 5.75 Å². The Morgan fingerprint density at radius 3 is 2.47 bits per heavy atom. The number of alkyl carbamates (subject to hydrolysis) is 1. The fourth-order valence-corrected chi connectivity index (χ4v) is 5.63. The Kier molecular flexibility index (Phi) is 8.72. The van der Waals surface area contributed by atoms with Crippen LogP contribution in [-0.4, -0.2) is 60.5 Å². The number of nitrogens with zero attached hydrogens (tertiary/aromatic N) is 1. The summed E-state index contributed by atoms with van der Waals surface area (Å²) in [5.74, 6) is 0.170. The van der Waals surface area contributed by atoms with Gasteiger partial charge >= 0.3 is 6.09 Å². The highest BCUT2D eigenvalue weighted by molar-refractivity contribution is 5.89. The molecule has 1 saturated carbocycles. The fourth-order valence-electron chi connectivity index (χ4n) is 5.63. The highest BCUT2D eigenvalue weighted by Crippen LogP contribution is 2.42. The summed E-state index contributed by atoms with van der Waals surface area (Å²) in [6.45, 7) is 3.59. The van der Waals surface area contributed by atoms with Crippen molar-refractivity contribution in [3.63, 3.8) is 0 Å². The van der Waals surface area contributed by atoms with Gasteiger partial charge in [-0.25, -0.2) is 4.79 Å². The number of likely N-dealkylation sites (tertiary alicyclic amines) is 1. The predicted octanol–water partition coefficient (Wildman–Crippen LogP) is 5.14. The average molecular weight is 497 g/mol. The van der Waals surface area contributed by atoms with Gasteiger partial charge in [-0.2, -0.15) is 0 Å². The summed E-state index contributed by atoms with van der Waals surface area (Å²) < 4.78 is 10.6. The van der Waals surface area contributed by atoms with Crippen LogP contribution in [0.3, 0.4) is 0 Å². The van der Waals surface area contributed by atoms with Crippen molar-refractivity contribution in [2.24, 2.45) is 0 Å². The molecule has 7 heteroatoms. The van der Waals surface area contributed by atoms with Gasteiger partial charge in [0.25, 0.3) is 0 Å². The molecule has 2 fully saturated rings. The summed E-state index contributed by atoms with van der Waals surface area (Å²) in [7, 11) is 1.65. The number of carbonyl (C=O) groups excluding carboxylic acids is 2. The molecule has 0 bridgehead atoms. The van der Waals surface area contributed by atoms with Gasteiger partial charge < -0.3 is 24.8 Å². The number of aliphatic hydroxyl groups is 1. The van der Waals surface area contributed by atoms with Crippen LogP contribution in [0.25, 0.3) is 10.8 Å². The zero-order chi connectivity index (χ0) is 25.5. The van der Waals surface area contributed by atoms with E-state index in [2.05, 4.69) is 12.2 Å². The SMILES string of the molecule is CCCCOC(=O)NC1CCN(C(=O)C(c2ccc3cc(OC)ccc3c2)C2(O)CCCCC2)CC1. The molecular weight excluding hydrogens is 456 g/mol. The molecule has 196 valence electrons. The van der Waals surface area contributed by atoms with Gasteiger partial charge in [-0.05, 0) is 60.6 Å². The second kappa shape index (κ2) is 12.0. The van der Waals surface area contributed by atoms with Crippen LogP contribution in [0.5, 0.6) is 5.75 Å². The molecule has 2 amide bonds. The number of benzene rings is 2. The molecule has 1 unspecified atom stereocenters. The third-order valence-electron chi connectivity index (χ3n) is 7.77. The van der Waals surface area contributed by atoms with Crippen LogP contribution in [0, 0.1) is 0 Å². The molecule has 0 radical (unpaired) electrons. The first-order valence-corrected chi connectivity index (χ1v) is 13.5. The monoisotopic (exact) mass is 496 g/mol. The zero-order valence-corrected chi connectivity index (χ0v) is 21.6. The number of fused-ring (bicyclic) bond motifs is 1. The minimum atomic E-state index is -1.05. The molecule has 1 aliphatic heterocycles. The van der Waals surface area contributed by atoms with E-state index in [9.17, 15) is 14.7 Å². The third-order valence-corrected chi connectivity index (χ3v) is 7.77. The van der Waals surface area contributed by atoms with Crippen LogP contribution in [0.15, 0.2) is 36.4 Å². The largest absolute Gasteiger partial charge is 0.497 e. The average Bonchev–Trinajstić information content (AvgIpc) is 2.89. The predicted molar refractivity (Wildman–Crippen MR) is 140 cm³/mol. The van der Waals surface area contributed by atoms with Crippen molar-refractivity contribution in [1.29, 1.82) is 0 Å². The summed E-state index contributed by atoms with van der Waals surface area (Å²) in [4.78, 5) is 27.9. The highest BCUT2D eigenvalue weighted by Gasteiger charge is 2.45. The first-order valence-electron chi connectivity index (χ1n) is 13.5. The van der Waals surface area contributed by atoms with E-state index >= 15 is 0 Å². The Labute approximate surface area is 214 Å². The molecule has 36 heavy (non-hydrogen) atoms. The topological polar surface area (TPSA) is 88.1 Å². The molecule has 4 rings (SSSR count). The maximum atomic E-state index is 14.0. The van der Waals surface area contributed by atoms with Crippen molar-refractivity contribution >= 4 is 22.8 Å². The number of hydrogen-bond donors (Lipinski definition) is 2. The van der Waals surface area contributed by atoms with Gasteiger partial charge in [0.05, 0.1) is 25.2 Å². The zero-order valence-electron chi connectivity index (χ0n) is 21.6. The first kappa shape index (κ1) is 26.3. The van der Waals surface area contributed by atoms with Gasteiger partial charge in [0.15, 0.2) is 0 Å². The second-order valence-electron chi connectivity index (χ2n) is 10.3. The maximum Gasteiger partial charge on any atom is 0.407 e. The Hall–Kier alpha value is -2.80. The van der Waals surface area contributed by atoms with Crippen LogP contribution in [0.1, 0.15) is 76.2 Å². The Balaban J connectivity index is 1.50. The normalized spacial score (nSPS) is 19.0. The lowest BCUT2D eigenvalue weighted by Crippen LogP contribution is -2.52. The summed E-state index contributed by atoms with van der Waals surface area (Å²) >= 11 is 0. The molecular formula is C29H40N2O5. The number of nitrogens with one attached hydrogen (secondary N) is 1. The molecule has 2 aromatic carbocycles. The molecule has 2 aromatic rings. The lowest BCUT2D eigenvalue weighted by atomic mass is 9.71. The lowest BCUT2D eigenvalue weighted by Gasteiger charge is -2.42. The van der Waals surface area contributed by atoms with Crippen LogP contribution < -0.4 is 10.1 Å². The molecule has 2 aliphatic rings. The molecule has 2 N–H and O–H groups in total. The van der Waals surface area contributed by atoms with E-state index in [1.165, 1.54) is 0 Å². The van der Waals surface area contributed by atoms with Crippen molar-refractivity contribution in [2.45, 2.75) is 82.3 Å². The molecule has 1 atom stereocenters. The number of unbranched alkanes of at least 4 members (excludes halogenated alkanes) is 1. The van der Waals surface area contributed by atoms with Crippen LogP contribution in [0.2, 0.25) is 0 Å². The Morgan fingerprint density at radius 2 is 1.78 bits per heavy atom. The van der Waals surface area contributed by atoms with Crippen molar-refractivity contribution < 1.29 is 24.2 Å². The van der Waals surface area contributed by atoms with E-state index in [-0.39, 0.29) is 18.0 Å². The van der Waals surface area contributed by atoms with Gasteiger partial charge in [-0.3, -0.25) is 4.79 Å². The maximum absolute atomic E-state index is 14.0. The van der Waals surface area contributed by atoms with Gasteiger partial charge in [-0.1, -0.05) is 56.9 Å². The van der Waals surface area contributed by atoms with E-state index in [0.29, 0.717) is 45.4 Å².